The zero-order chi connectivity index (χ0) is 32.2. The third-order valence-electron chi connectivity index (χ3n) is 6.50. The zero-order valence-corrected chi connectivity index (χ0v) is 25.3. The number of aliphatic hydroxyl groups excluding tert-OH is 1. The third-order valence-corrected chi connectivity index (χ3v) is 7.60. The number of carboxylic acids is 1. The van der Waals surface area contributed by atoms with Crippen molar-refractivity contribution < 1.29 is 34.2 Å². The number of nitrogens with one attached hydrogen (secondary N) is 4. The number of carbonyl (C=O) groups excluding carboxylic acids is 4. The molecule has 2 aromatic carbocycles. The molecule has 14 heteroatoms. The van der Waals surface area contributed by atoms with Gasteiger partial charge in [-0.2, -0.15) is 11.8 Å². The van der Waals surface area contributed by atoms with Crippen LogP contribution in [0.3, 0.4) is 0 Å². The van der Waals surface area contributed by atoms with Gasteiger partial charge < -0.3 is 31.5 Å². The van der Waals surface area contributed by atoms with Crippen molar-refractivity contribution >= 4 is 52.4 Å². The number of thioether (sulfide) groups is 1. The van der Waals surface area contributed by atoms with E-state index in [0.717, 1.165) is 5.56 Å². The zero-order valence-electron chi connectivity index (χ0n) is 24.5. The van der Waals surface area contributed by atoms with Crippen LogP contribution in [-0.4, -0.2) is 86.3 Å². The van der Waals surface area contributed by atoms with Gasteiger partial charge in [0, 0.05) is 11.5 Å². The van der Waals surface area contributed by atoms with Crippen LogP contribution in [0.15, 0.2) is 60.8 Å². The van der Waals surface area contributed by atoms with Crippen LogP contribution < -0.4 is 21.3 Å². The second kappa shape index (κ2) is 16.3. The summed E-state index contributed by atoms with van der Waals surface area (Å²) in [7, 11) is 0. The number of aliphatic hydroxyl groups is 1. The van der Waals surface area contributed by atoms with Gasteiger partial charge in [0.05, 0.1) is 23.8 Å². The first kappa shape index (κ1) is 33.9. The third kappa shape index (κ3) is 9.74. The Kier molecular flexibility index (Phi) is 12.6. The number of rotatable bonds is 15. The molecule has 3 aromatic rings. The maximum atomic E-state index is 13.1. The van der Waals surface area contributed by atoms with Crippen LogP contribution in [0.2, 0.25) is 0 Å². The number of aliphatic carboxylic acids is 1. The molecule has 0 spiro atoms. The molecule has 0 aliphatic heterocycles. The lowest BCUT2D eigenvalue weighted by molar-refractivity contribution is -0.143. The summed E-state index contributed by atoms with van der Waals surface area (Å²) in [4.78, 5) is 71.8. The highest BCUT2D eigenvalue weighted by Crippen LogP contribution is 2.14. The van der Waals surface area contributed by atoms with Crippen LogP contribution in [0.1, 0.15) is 36.8 Å². The molecule has 4 amide bonds. The van der Waals surface area contributed by atoms with Gasteiger partial charge in [-0.15, -0.1) is 0 Å². The fourth-order valence-corrected chi connectivity index (χ4v) is 5.00. The van der Waals surface area contributed by atoms with Gasteiger partial charge in [0.2, 0.25) is 17.7 Å². The first-order chi connectivity index (χ1) is 21.0. The van der Waals surface area contributed by atoms with Crippen molar-refractivity contribution in [3.05, 3.63) is 72.1 Å². The summed E-state index contributed by atoms with van der Waals surface area (Å²) >= 11 is 1.37. The number of aromatic nitrogens is 2. The quantitative estimate of drug-likeness (QED) is 0.141. The highest BCUT2D eigenvalue weighted by Gasteiger charge is 2.31. The fourth-order valence-electron chi connectivity index (χ4n) is 3.99. The Balaban J connectivity index is 1.63. The standard InChI is InChI=1S/C30H36N6O7S/c1-17(2)25(30(42)43)36-29(41)24(16-44-15-19-9-5-4-6-10-19)35-26(38)18(3)32-28(40)23(14-37)34-27(39)22-13-31-20-11-7-8-12-21(20)33-22/h4-13,17-18,23-25,37H,14-16H2,1-3H3,(H,32,40)(H,34,39)(H,35,38)(H,36,41)(H,42,43). The Bertz CT molecular complexity index is 1470. The van der Waals surface area contributed by atoms with Crippen molar-refractivity contribution in [2.75, 3.05) is 12.4 Å². The number of para-hydroxylation sites is 2. The SMILES string of the molecule is CC(NC(=O)C(CO)NC(=O)c1cnc2ccccc2n1)C(=O)NC(CSCc1ccccc1)C(=O)NC(C(=O)O)C(C)C. The number of benzene rings is 2. The van der Waals surface area contributed by atoms with E-state index in [1.807, 2.05) is 30.3 Å². The molecule has 0 saturated heterocycles. The van der Waals surface area contributed by atoms with E-state index in [2.05, 4.69) is 31.2 Å². The molecule has 234 valence electrons. The molecule has 0 aliphatic carbocycles. The number of carbonyl (C=O) groups is 5. The van der Waals surface area contributed by atoms with Crippen molar-refractivity contribution in [2.24, 2.45) is 5.92 Å². The Morgan fingerprint density at radius 2 is 1.43 bits per heavy atom. The molecule has 1 aromatic heterocycles. The first-order valence-electron chi connectivity index (χ1n) is 13.9. The van der Waals surface area contributed by atoms with Gasteiger partial charge in [0.1, 0.15) is 29.9 Å². The molecule has 0 bridgehead atoms. The van der Waals surface area contributed by atoms with Crippen LogP contribution >= 0.6 is 11.8 Å². The summed E-state index contributed by atoms with van der Waals surface area (Å²) in [5.74, 6) is -3.95. The monoisotopic (exact) mass is 624 g/mol. The van der Waals surface area contributed by atoms with Crippen molar-refractivity contribution in [3.8, 4) is 0 Å². The number of carboxylic acid groups (broad SMARTS) is 1. The molecule has 0 fully saturated rings. The molecule has 3 rings (SSSR count). The van der Waals surface area contributed by atoms with E-state index in [4.69, 9.17) is 0 Å². The van der Waals surface area contributed by atoms with Gasteiger partial charge >= 0.3 is 5.97 Å². The lowest BCUT2D eigenvalue weighted by Crippen LogP contribution is -2.58. The maximum absolute atomic E-state index is 13.1. The highest BCUT2D eigenvalue weighted by atomic mass is 32.2. The normalized spacial score (nSPS) is 13.8. The highest BCUT2D eigenvalue weighted by molar-refractivity contribution is 7.98. The minimum atomic E-state index is -1.41. The number of amides is 4. The Morgan fingerprint density at radius 3 is 2.07 bits per heavy atom. The molecule has 4 atom stereocenters. The average molecular weight is 625 g/mol. The lowest BCUT2D eigenvalue weighted by atomic mass is 10.0. The van der Waals surface area contributed by atoms with Crippen LogP contribution in [-0.2, 0) is 24.9 Å². The van der Waals surface area contributed by atoms with E-state index in [1.165, 1.54) is 24.9 Å². The summed E-state index contributed by atoms with van der Waals surface area (Å²) in [6.07, 6.45) is 1.25. The van der Waals surface area contributed by atoms with Crippen LogP contribution in [0, 0.1) is 5.92 Å². The van der Waals surface area contributed by atoms with Gasteiger partial charge in [-0.1, -0.05) is 56.3 Å². The Morgan fingerprint density at radius 1 is 0.795 bits per heavy atom. The van der Waals surface area contributed by atoms with Gasteiger partial charge in [-0.25, -0.2) is 9.78 Å². The van der Waals surface area contributed by atoms with Gasteiger partial charge in [0.15, 0.2) is 0 Å². The summed E-state index contributed by atoms with van der Waals surface area (Å²) < 4.78 is 0. The molecule has 0 saturated carbocycles. The number of fused-ring (bicyclic) bond motifs is 1. The minimum absolute atomic E-state index is 0.0661. The lowest BCUT2D eigenvalue weighted by Gasteiger charge is -2.25. The van der Waals surface area contributed by atoms with Crippen LogP contribution in [0.25, 0.3) is 11.0 Å². The fraction of sp³-hybridized carbons (Fsp3) is 0.367. The molecule has 4 unspecified atom stereocenters. The molecular formula is C30H36N6O7S. The van der Waals surface area contributed by atoms with Gasteiger partial charge in [-0.3, -0.25) is 24.2 Å². The van der Waals surface area contributed by atoms with E-state index in [1.54, 1.807) is 38.1 Å². The summed E-state index contributed by atoms with van der Waals surface area (Å²) in [6.45, 7) is 3.91. The van der Waals surface area contributed by atoms with E-state index in [9.17, 15) is 34.2 Å². The molecule has 1 heterocycles. The van der Waals surface area contributed by atoms with E-state index >= 15 is 0 Å². The van der Waals surface area contributed by atoms with Gasteiger partial charge in [0.25, 0.3) is 5.91 Å². The predicted molar refractivity (Wildman–Crippen MR) is 164 cm³/mol. The van der Waals surface area contributed by atoms with E-state index in [0.29, 0.717) is 16.8 Å². The predicted octanol–water partition coefficient (Wildman–Crippen LogP) is 0.869. The number of hydrogen-bond donors (Lipinski definition) is 6. The number of hydrogen-bond acceptors (Lipinski definition) is 9. The first-order valence-corrected chi connectivity index (χ1v) is 15.0. The van der Waals surface area contributed by atoms with Crippen LogP contribution in [0.5, 0.6) is 0 Å². The van der Waals surface area contributed by atoms with Crippen molar-refractivity contribution in [1.29, 1.82) is 0 Å². The van der Waals surface area contributed by atoms with Crippen molar-refractivity contribution in [1.82, 2.24) is 31.2 Å². The second-order valence-corrected chi connectivity index (χ2v) is 11.3. The Hall–Kier alpha value is -4.56. The topological polar surface area (TPSA) is 200 Å². The average Bonchev–Trinajstić information content (AvgIpc) is 3.01. The molecule has 44 heavy (non-hydrogen) atoms. The van der Waals surface area contributed by atoms with Crippen LogP contribution in [0.4, 0.5) is 0 Å². The minimum Gasteiger partial charge on any atom is -0.480 e. The maximum Gasteiger partial charge on any atom is 0.326 e. The van der Waals surface area contributed by atoms with Crippen molar-refractivity contribution in [2.45, 2.75) is 50.7 Å². The van der Waals surface area contributed by atoms with Gasteiger partial charge in [-0.05, 0) is 30.5 Å². The summed E-state index contributed by atoms with van der Waals surface area (Å²) in [6, 6.07) is 11.5. The number of nitrogens with zero attached hydrogens (tertiary/aromatic N) is 2. The second-order valence-electron chi connectivity index (χ2n) is 10.3. The summed E-state index contributed by atoms with van der Waals surface area (Å²) in [5, 5.41) is 29.2. The molecule has 6 N–H and O–H groups in total. The summed E-state index contributed by atoms with van der Waals surface area (Å²) in [5.41, 5.74) is 1.98. The molecular weight excluding hydrogens is 588 g/mol. The molecule has 0 aliphatic rings. The molecule has 0 radical (unpaired) electrons. The van der Waals surface area contributed by atoms with E-state index in [-0.39, 0.29) is 11.4 Å². The van der Waals surface area contributed by atoms with E-state index < -0.39 is 66.3 Å². The molecule has 13 nitrogen and oxygen atoms in total. The largest absolute Gasteiger partial charge is 0.480 e. The van der Waals surface area contributed by atoms with Crippen molar-refractivity contribution in [3.63, 3.8) is 0 Å². The smallest absolute Gasteiger partial charge is 0.326 e. The Labute approximate surface area is 258 Å².